The van der Waals surface area contributed by atoms with Crippen LogP contribution in [0.2, 0.25) is 0 Å². The van der Waals surface area contributed by atoms with Crippen LogP contribution < -0.4 is 10.6 Å². The lowest BCUT2D eigenvalue weighted by atomic mass is 9.98. The summed E-state index contributed by atoms with van der Waals surface area (Å²) in [4.78, 5) is 22.8. The summed E-state index contributed by atoms with van der Waals surface area (Å²) in [6, 6.07) is -1.30. The van der Waals surface area contributed by atoms with Gasteiger partial charge in [0.15, 0.2) is 0 Å². The monoisotopic (exact) mass is 300 g/mol. The molecule has 0 spiro atoms. The molecule has 0 aromatic carbocycles. The Hall–Kier alpha value is -1.30. The Morgan fingerprint density at radius 1 is 1.29 bits per heavy atom. The average molecular weight is 300 g/mol. The van der Waals surface area contributed by atoms with Gasteiger partial charge in [0.1, 0.15) is 6.04 Å². The number of rotatable bonds is 8. The fourth-order valence-corrected chi connectivity index (χ4v) is 2.50. The minimum Gasteiger partial charge on any atom is -0.480 e. The summed E-state index contributed by atoms with van der Waals surface area (Å²) in [5.41, 5.74) is 0. The van der Waals surface area contributed by atoms with E-state index in [9.17, 15) is 9.59 Å². The minimum atomic E-state index is -1.00. The molecule has 6 nitrogen and oxygen atoms in total. The highest BCUT2D eigenvalue weighted by Gasteiger charge is 2.25. The summed E-state index contributed by atoms with van der Waals surface area (Å²) in [5.74, 6) is -1.11. The van der Waals surface area contributed by atoms with Crippen LogP contribution in [0.5, 0.6) is 0 Å². The van der Waals surface area contributed by atoms with Gasteiger partial charge in [-0.05, 0) is 18.8 Å². The zero-order valence-electron chi connectivity index (χ0n) is 13.1. The van der Waals surface area contributed by atoms with Crippen molar-refractivity contribution in [2.45, 2.75) is 64.5 Å². The quantitative estimate of drug-likeness (QED) is 0.599. The topological polar surface area (TPSA) is 87.7 Å². The van der Waals surface area contributed by atoms with Crippen LogP contribution in [0.3, 0.4) is 0 Å². The molecule has 0 radical (unpaired) electrons. The predicted molar refractivity (Wildman–Crippen MR) is 80.2 cm³/mol. The van der Waals surface area contributed by atoms with E-state index in [1.165, 1.54) is 19.3 Å². The van der Waals surface area contributed by atoms with E-state index in [0.717, 1.165) is 12.8 Å². The third-order valence-corrected chi connectivity index (χ3v) is 4.06. The third-order valence-electron chi connectivity index (χ3n) is 4.06. The molecule has 1 fully saturated rings. The van der Waals surface area contributed by atoms with Gasteiger partial charge >= 0.3 is 12.0 Å². The van der Waals surface area contributed by atoms with Gasteiger partial charge in [0.25, 0.3) is 0 Å². The van der Waals surface area contributed by atoms with Gasteiger partial charge in [0.05, 0.1) is 12.7 Å². The van der Waals surface area contributed by atoms with Crippen LogP contribution in [0.4, 0.5) is 4.79 Å². The molecule has 0 bridgehead atoms. The smallest absolute Gasteiger partial charge is 0.326 e. The van der Waals surface area contributed by atoms with Crippen molar-refractivity contribution < 1.29 is 19.4 Å². The zero-order valence-corrected chi connectivity index (χ0v) is 13.1. The second-order valence-electron chi connectivity index (χ2n) is 5.73. The van der Waals surface area contributed by atoms with Crippen LogP contribution in [0.25, 0.3) is 0 Å². The largest absolute Gasteiger partial charge is 0.480 e. The first-order valence-electron chi connectivity index (χ1n) is 7.93. The molecule has 1 aliphatic carbocycles. The van der Waals surface area contributed by atoms with Crippen molar-refractivity contribution in [1.82, 2.24) is 10.6 Å². The van der Waals surface area contributed by atoms with E-state index in [4.69, 9.17) is 9.84 Å². The lowest BCUT2D eigenvalue weighted by Crippen LogP contribution is -2.49. The van der Waals surface area contributed by atoms with Crippen LogP contribution in [0, 0.1) is 5.92 Å². The van der Waals surface area contributed by atoms with Crippen LogP contribution in [-0.4, -0.2) is 42.4 Å². The molecule has 1 aliphatic rings. The molecular weight excluding hydrogens is 272 g/mol. The van der Waals surface area contributed by atoms with Crippen molar-refractivity contribution in [2.24, 2.45) is 5.92 Å². The molecule has 0 aromatic rings. The number of ether oxygens (including phenoxy) is 1. The molecule has 0 saturated heterocycles. The summed E-state index contributed by atoms with van der Waals surface area (Å²) in [5, 5.41) is 14.2. The van der Waals surface area contributed by atoms with Gasteiger partial charge in [-0.15, -0.1) is 0 Å². The number of carboxylic acids is 1. The lowest BCUT2D eigenvalue weighted by molar-refractivity contribution is -0.140. The van der Waals surface area contributed by atoms with Crippen LogP contribution in [0.15, 0.2) is 0 Å². The first kappa shape index (κ1) is 17.8. The first-order valence-corrected chi connectivity index (χ1v) is 7.93. The second kappa shape index (κ2) is 9.60. The maximum atomic E-state index is 11.7. The maximum Gasteiger partial charge on any atom is 0.326 e. The Morgan fingerprint density at radius 3 is 2.52 bits per heavy atom. The Bertz CT molecular complexity index is 330. The van der Waals surface area contributed by atoms with Gasteiger partial charge in [-0.1, -0.05) is 39.5 Å². The van der Waals surface area contributed by atoms with E-state index >= 15 is 0 Å². The zero-order chi connectivity index (χ0) is 15.7. The van der Waals surface area contributed by atoms with Gasteiger partial charge in [-0.2, -0.15) is 0 Å². The Labute approximate surface area is 126 Å². The molecule has 0 aromatic heterocycles. The normalized spacial score (nSPS) is 18.8. The fraction of sp³-hybridized carbons (Fsp3) is 0.867. The van der Waals surface area contributed by atoms with Crippen LogP contribution in [0.1, 0.15) is 52.4 Å². The van der Waals surface area contributed by atoms with E-state index in [1.807, 2.05) is 13.8 Å². The van der Waals surface area contributed by atoms with E-state index in [0.29, 0.717) is 25.7 Å². The summed E-state index contributed by atoms with van der Waals surface area (Å²) < 4.78 is 5.70. The molecule has 6 heteroatoms. The summed E-state index contributed by atoms with van der Waals surface area (Å²) in [6.07, 6.45) is 6.93. The van der Waals surface area contributed by atoms with Gasteiger partial charge < -0.3 is 20.5 Å². The average Bonchev–Trinajstić information content (AvgIpc) is 2.49. The first-order chi connectivity index (χ1) is 10.0. The number of carbonyl (C=O) groups excluding carboxylic acids is 1. The molecule has 21 heavy (non-hydrogen) atoms. The maximum absolute atomic E-state index is 11.7. The molecule has 1 rings (SSSR count). The van der Waals surface area contributed by atoms with Crippen molar-refractivity contribution in [1.29, 1.82) is 0 Å². The number of carbonyl (C=O) groups is 2. The molecule has 2 unspecified atom stereocenters. The molecule has 0 heterocycles. The Balaban J connectivity index is 2.18. The molecule has 2 amide bonds. The molecular formula is C15H28N2O4. The fourth-order valence-electron chi connectivity index (χ4n) is 2.50. The van der Waals surface area contributed by atoms with Crippen molar-refractivity contribution in [3.05, 3.63) is 0 Å². The summed E-state index contributed by atoms with van der Waals surface area (Å²) in [6.45, 7) is 4.58. The molecule has 2 atom stereocenters. The Morgan fingerprint density at radius 2 is 1.95 bits per heavy atom. The van der Waals surface area contributed by atoms with Crippen molar-refractivity contribution in [3.8, 4) is 0 Å². The van der Waals surface area contributed by atoms with E-state index in [1.54, 1.807) is 0 Å². The third kappa shape index (κ3) is 6.80. The predicted octanol–water partition coefficient (Wildman–Crippen LogP) is 2.13. The number of carboxylic acid groups (broad SMARTS) is 1. The van der Waals surface area contributed by atoms with Crippen molar-refractivity contribution in [2.75, 3.05) is 13.2 Å². The number of aliphatic carboxylic acids is 1. The molecule has 122 valence electrons. The highest BCUT2D eigenvalue weighted by molar-refractivity contribution is 5.82. The van der Waals surface area contributed by atoms with Crippen LogP contribution in [-0.2, 0) is 9.53 Å². The standard InChI is InChI=1S/C15H28N2O4/c1-3-11(2)13(14(18)19)17-15(20)16-9-10-21-12-7-5-4-6-8-12/h11-13H,3-10H2,1-2H3,(H,18,19)(H2,16,17,20). The highest BCUT2D eigenvalue weighted by atomic mass is 16.5. The molecule has 0 aliphatic heterocycles. The lowest BCUT2D eigenvalue weighted by Gasteiger charge is -2.22. The SMILES string of the molecule is CCC(C)C(NC(=O)NCCOC1CCCCC1)C(=O)O. The van der Waals surface area contributed by atoms with Crippen LogP contribution >= 0.6 is 0 Å². The highest BCUT2D eigenvalue weighted by Crippen LogP contribution is 2.19. The number of amides is 2. The minimum absolute atomic E-state index is 0.105. The van der Waals surface area contributed by atoms with Gasteiger partial charge in [0.2, 0.25) is 0 Å². The number of hydrogen-bond donors (Lipinski definition) is 3. The molecule has 3 N–H and O–H groups in total. The Kier molecular flexibility index (Phi) is 8.12. The van der Waals surface area contributed by atoms with Crippen molar-refractivity contribution in [3.63, 3.8) is 0 Å². The van der Waals surface area contributed by atoms with Crippen molar-refractivity contribution >= 4 is 12.0 Å². The number of hydrogen-bond acceptors (Lipinski definition) is 3. The summed E-state index contributed by atoms with van der Waals surface area (Å²) >= 11 is 0. The van der Waals surface area contributed by atoms with Gasteiger partial charge in [-0.25, -0.2) is 9.59 Å². The van der Waals surface area contributed by atoms with E-state index in [2.05, 4.69) is 10.6 Å². The van der Waals surface area contributed by atoms with Gasteiger partial charge in [0, 0.05) is 6.54 Å². The number of urea groups is 1. The number of nitrogens with one attached hydrogen (secondary N) is 2. The van der Waals surface area contributed by atoms with E-state index in [-0.39, 0.29) is 5.92 Å². The van der Waals surface area contributed by atoms with E-state index < -0.39 is 18.0 Å². The molecule has 1 saturated carbocycles. The van der Waals surface area contributed by atoms with Gasteiger partial charge in [-0.3, -0.25) is 0 Å². The summed E-state index contributed by atoms with van der Waals surface area (Å²) in [7, 11) is 0. The second-order valence-corrected chi connectivity index (χ2v) is 5.73.